The second-order valence-electron chi connectivity index (χ2n) is 11.3. The molecule has 4 heteroatoms. The fourth-order valence-corrected chi connectivity index (χ4v) is 23.2. The molecule has 0 atom stereocenters. The van der Waals surface area contributed by atoms with Gasteiger partial charge < -0.3 is 0 Å². The van der Waals surface area contributed by atoms with Crippen LogP contribution in [0.3, 0.4) is 0 Å². The van der Waals surface area contributed by atoms with Gasteiger partial charge in [0.2, 0.25) is 0 Å². The van der Waals surface area contributed by atoms with E-state index in [0.717, 1.165) is 0 Å². The predicted molar refractivity (Wildman–Crippen MR) is 145 cm³/mol. The molecule has 0 spiro atoms. The molecular formula is C28H38Cl2SiZr. The molecule has 2 aromatic rings. The monoisotopic (exact) mass is 562 g/mol. The molecule has 0 amide bonds. The summed E-state index contributed by atoms with van der Waals surface area (Å²) in [6.45, 7) is 19.3. The molecule has 0 heterocycles. The molecule has 0 fully saturated rings. The van der Waals surface area contributed by atoms with E-state index in [0.29, 0.717) is 3.63 Å². The molecule has 0 aromatic heterocycles. The van der Waals surface area contributed by atoms with Gasteiger partial charge in [-0.05, 0) is 0 Å². The molecule has 0 unspecified atom stereocenters. The Hall–Kier alpha value is -0.400. The molecule has 0 N–H and O–H groups in total. The quantitative estimate of drug-likeness (QED) is 0.320. The number of rotatable bonds is 2. The zero-order valence-electron chi connectivity index (χ0n) is 20.8. The van der Waals surface area contributed by atoms with E-state index in [1.54, 1.807) is 11.1 Å². The van der Waals surface area contributed by atoms with Crippen molar-refractivity contribution in [3.05, 3.63) is 80.2 Å². The second kappa shape index (κ2) is 10.1. The van der Waals surface area contributed by atoms with Gasteiger partial charge in [-0.2, -0.15) is 0 Å². The maximum Gasteiger partial charge on any atom is -0.147 e. The van der Waals surface area contributed by atoms with E-state index in [-0.39, 0.29) is 41.1 Å². The summed E-state index contributed by atoms with van der Waals surface area (Å²) in [5.74, 6) is 0. The van der Waals surface area contributed by atoms with E-state index in [9.17, 15) is 0 Å². The first-order chi connectivity index (χ1) is 14.0. The minimum absolute atomic E-state index is 0. The van der Waals surface area contributed by atoms with Crippen LogP contribution in [-0.4, -0.2) is 5.43 Å². The van der Waals surface area contributed by atoms with Gasteiger partial charge in [0.25, 0.3) is 0 Å². The smallest absolute Gasteiger partial charge is 0.147 e. The predicted octanol–water partition coefficient (Wildman–Crippen LogP) is 8.91. The summed E-state index contributed by atoms with van der Waals surface area (Å²) in [6, 6.07) is 14.8. The van der Waals surface area contributed by atoms with Gasteiger partial charge >= 0.3 is 193 Å². The normalized spacial score (nSPS) is 14.8. The van der Waals surface area contributed by atoms with Gasteiger partial charge in [-0.3, -0.25) is 0 Å². The van der Waals surface area contributed by atoms with Crippen LogP contribution in [-0.2, 0) is 31.2 Å². The zero-order chi connectivity index (χ0) is 21.8. The Morgan fingerprint density at radius 3 is 1.59 bits per heavy atom. The minimum atomic E-state index is -1.87. The number of benzene rings is 2. The van der Waals surface area contributed by atoms with Crippen molar-refractivity contribution in [2.75, 3.05) is 0 Å². The Kier molecular flexibility index (Phi) is 8.76. The van der Waals surface area contributed by atoms with Crippen molar-refractivity contribution < 1.29 is 20.4 Å². The van der Waals surface area contributed by atoms with Crippen molar-refractivity contribution in [3.8, 4) is 11.1 Å². The maximum absolute atomic E-state index is 2.59. The fraction of sp³-hybridized carbons (Fsp3) is 0.429. The van der Waals surface area contributed by atoms with Crippen molar-refractivity contribution in [2.24, 2.45) is 0 Å². The Morgan fingerprint density at radius 2 is 1.25 bits per heavy atom. The number of fused-ring (bicyclic) bond motifs is 3. The van der Waals surface area contributed by atoms with Gasteiger partial charge in [0, 0.05) is 0 Å². The molecule has 0 saturated heterocycles. The third kappa shape index (κ3) is 5.14. The average molecular weight is 565 g/mol. The van der Waals surface area contributed by atoms with Crippen molar-refractivity contribution in [3.63, 3.8) is 0 Å². The number of hydrogen-bond acceptors (Lipinski definition) is 0. The largest absolute Gasteiger partial charge is 0.147 e. The molecule has 0 nitrogen and oxygen atoms in total. The third-order valence-electron chi connectivity index (χ3n) is 6.69. The van der Waals surface area contributed by atoms with E-state index in [2.05, 4.69) is 109 Å². The van der Waals surface area contributed by atoms with Gasteiger partial charge in [-0.15, -0.1) is 24.8 Å². The van der Waals surface area contributed by atoms with Crippen LogP contribution in [0.25, 0.3) is 11.1 Å². The Bertz CT molecular complexity index is 1040. The topological polar surface area (TPSA) is 0 Å². The van der Waals surface area contributed by atoms with E-state index in [4.69, 9.17) is 0 Å². The third-order valence-corrected chi connectivity index (χ3v) is 24.9. The SMILES string of the molecule is C[Si](C)=[Zr]([C]1=CC=CC1)[CH]1c2cc(C(C)(C)C)ccc2-c2ccc(C(C)(C)C)cc21.Cl.Cl. The molecule has 4 rings (SSSR count). The van der Waals surface area contributed by atoms with E-state index in [1.807, 2.05) is 3.28 Å². The minimum Gasteiger partial charge on any atom is -0.147 e. The average Bonchev–Trinajstić information content (AvgIpc) is 3.27. The summed E-state index contributed by atoms with van der Waals surface area (Å²) in [5.41, 5.74) is 9.34. The van der Waals surface area contributed by atoms with Crippen LogP contribution in [0, 0.1) is 0 Å². The van der Waals surface area contributed by atoms with Crippen LogP contribution >= 0.6 is 24.8 Å². The van der Waals surface area contributed by atoms with Gasteiger partial charge in [-0.25, -0.2) is 0 Å². The van der Waals surface area contributed by atoms with Crippen LogP contribution in [0.2, 0.25) is 13.1 Å². The summed E-state index contributed by atoms with van der Waals surface area (Å²) in [7, 11) is 0. The second-order valence-corrected chi connectivity index (χ2v) is 28.9. The van der Waals surface area contributed by atoms with E-state index >= 15 is 0 Å². The summed E-state index contributed by atoms with van der Waals surface area (Å²) in [4.78, 5) is 0. The molecule has 0 radical (unpaired) electrons. The van der Waals surface area contributed by atoms with Crippen molar-refractivity contribution >= 4 is 30.2 Å². The van der Waals surface area contributed by atoms with Crippen LogP contribution < -0.4 is 0 Å². The van der Waals surface area contributed by atoms with Crippen LogP contribution in [0.1, 0.15) is 73.8 Å². The summed E-state index contributed by atoms with van der Waals surface area (Å²) in [5, 5.41) is 0. The molecule has 172 valence electrons. The van der Waals surface area contributed by atoms with Crippen LogP contribution in [0.15, 0.2) is 57.9 Å². The molecule has 32 heavy (non-hydrogen) atoms. The molecule has 2 aliphatic carbocycles. The van der Waals surface area contributed by atoms with Gasteiger partial charge in [0.1, 0.15) is 0 Å². The number of halogens is 2. The Morgan fingerprint density at radius 1 is 0.781 bits per heavy atom. The molecule has 0 saturated carbocycles. The van der Waals surface area contributed by atoms with Crippen molar-refractivity contribution in [1.82, 2.24) is 0 Å². The van der Waals surface area contributed by atoms with E-state index in [1.165, 1.54) is 28.7 Å². The van der Waals surface area contributed by atoms with Gasteiger partial charge in [0.05, 0.1) is 0 Å². The van der Waals surface area contributed by atoms with Crippen molar-refractivity contribution in [1.29, 1.82) is 0 Å². The Balaban J connectivity index is 0.00000181. The fourth-order valence-electron chi connectivity index (χ4n) is 4.95. The molecular weight excluding hydrogens is 527 g/mol. The molecule has 0 aliphatic heterocycles. The standard InChI is InChI=1S/C21H25.C5H5.C2H6Si.2ClH.Zr/c1-20(2,3)16-7-9-18-14(12-16)11-15-13-17(21(4,5)6)8-10-19(15)18;1-2-4-5-3-1;1-3-2;;;/h7-13H,1-6H3;1-3H,4H2;1-2H3;2*1H;. The van der Waals surface area contributed by atoms with Crippen LogP contribution in [0.4, 0.5) is 0 Å². The summed E-state index contributed by atoms with van der Waals surface area (Å²) < 4.78 is 2.51. The molecule has 2 aromatic carbocycles. The van der Waals surface area contributed by atoms with Crippen LogP contribution in [0.5, 0.6) is 0 Å². The molecule has 2 aliphatic rings. The first kappa shape index (κ1) is 27.8. The Labute approximate surface area is 216 Å². The maximum atomic E-state index is 2.59. The van der Waals surface area contributed by atoms with Gasteiger partial charge in [-0.1, -0.05) is 0 Å². The first-order valence-electron chi connectivity index (χ1n) is 11.3. The van der Waals surface area contributed by atoms with Crippen molar-refractivity contribution in [2.45, 2.75) is 75.5 Å². The molecule has 0 bridgehead atoms. The first-order valence-corrected chi connectivity index (χ1v) is 20.1. The van der Waals surface area contributed by atoms with Gasteiger partial charge in [0.15, 0.2) is 0 Å². The summed E-state index contributed by atoms with van der Waals surface area (Å²) in [6.07, 6.45) is 8.40. The number of allylic oxidation sites excluding steroid dienone is 4. The summed E-state index contributed by atoms with van der Waals surface area (Å²) >= 11 is -1.87. The number of hydrogen-bond donors (Lipinski definition) is 0. The zero-order valence-corrected chi connectivity index (χ0v) is 25.9. The van der Waals surface area contributed by atoms with E-state index < -0.39 is 20.4 Å².